The summed E-state index contributed by atoms with van der Waals surface area (Å²) in [5, 5.41) is 3.15. The zero-order valence-electron chi connectivity index (χ0n) is 8.61. The van der Waals surface area contributed by atoms with E-state index >= 15 is 0 Å². The van der Waals surface area contributed by atoms with Crippen molar-refractivity contribution >= 4 is 23.4 Å². The second kappa shape index (κ2) is 3.57. The molecule has 0 spiro atoms. The molecule has 0 radical (unpaired) electrons. The predicted octanol–water partition coefficient (Wildman–Crippen LogP) is 4.15. The molecular formula is C14H14S. The Kier molecular flexibility index (Phi) is 2.21. The van der Waals surface area contributed by atoms with Crippen molar-refractivity contribution in [1.82, 2.24) is 0 Å². The standard InChI is InChI=1S/C14H14S/c15-14-7-3-6-12-8-10-4-1-2-5-11(10)9-13(12)14/h1-2,4-5,8-9,14-15H,3,6-7H2. The number of benzene rings is 2. The molecule has 0 saturated carbocycles. The van der Waals surface area contributed by atoms with E-state index in [4.69, 9.17) is 0 Å². The molecule has 2 aromatic carbocycles. The first-order valence-electron chi connectivity index (χ1n) is 5.54. The van der Waals surface area contributed by atoms with E-state index in [1.807, 2.05) is 0 Å². The van der Waals surface area contributed by atoms with Crippen molar-refractivity contribution in [3.05, 3.63) is 47.5 Å². The van der Waals surface area contributed by atoms with Gasteiger partial charge in [0.2, 0.25) is 0 Å². The minimum Gasteiger partial charge on any atom is -0.171 e. The Morgan fingerprint density at radius 2 is 1.80 bits per heavy atom. The van der Waals surface area contributed by atoms with Gasteiger partial charge in [0.25, 0.3) is 0 Å². The number of hydrogen-bond acceptors (Lipinski definition) is 1. The van der Waals surface area contributed by atoms with E-state index in [2.05, 4.69) is 49.0 Å². The van der Waals surface area contributed by atoms with Crippen molar-refractivity contribution in [1.29, 1.82) is 0 Å². The van der Waals surface area contributed by atoms with E-state index in [9.17, 15) is 0 Å². The highest BCUT2D eigenvalue weighted by Gasteiger charge is 2.17. The maximum Gasteiger partial charge on any atom is 0.0270 e. The van der Waals surface area contributed by atoms with Gasteiger partial charge in [0.15, 0.2) is 0 Å². The zero-order valence-corrected chi connectivity index (χ0v) is 9.50. The minimum absolute atomic E-state index is 0.443. The highest BCUT2D eigenvalue weighted by atomic mass is 32.1. The van der Waals surface area contributed by atoms with E-state index in [0.29, 0.717) is 5.25 Å². The van der Waals surface area contributed by atoms with E-state index in [-0.39, 0.29) is 0 Å². The van der Waals surface area contributed by atoms with Crippen LogP contribution in [0, 0.1) is 0 Å². The van der Waals surface area contributed by atoms with Crippen molar-refractivity contribution in [3.8, 4) is 0 Å². The van der Waals surface area contributed by atoms with Crippen LogP contribution < -0.4 is 0 Å². The quantitative estimate of drug-likeness (QED) is 0.626. The van der Waals surface area contributed by atoms with Crippen molar-refractivity contribution in [2.45, 2.75) is 24.5 Å². The Balaban J connectivity index is 2.27. The molecule has 76 valence electrons. The molecule has 0 saturated heterocycles. The molecule has 0 amide bonds. The van der Waals surface area contributed by atoms with Gasteiger partial charge in [-0.15, -0.1) is 0 Å². The van der Waals surface area contributed by atoms with Gasteiger partial charge in [0.05, 0.1) is 0 Å². The number of fused-ring (bicyclic) bond motifs is 2. The molecule has 0 bridgehead atoms. The first-order chi connectivity index (χ1) is 7.34. The van der Waals surface area contributed by atoms with Gasteiger partial charge in [0.1, 0.15) is 0 Å². The maximum absolute atomic E-state index is 4.67. The average molecular weight is 214 g/mol. The fourth-order valence-corrected chi connectivity index (χ4v) is 2.90. The third-order valence-electron chi connectivity index (χ3n) is 3.29. The summed E-state index contributed by atoms with van der Waals surface area (Å²) in [7, 11) is 0. The summed E-state index contributed by atoms with van der Waals surface area (Å²) in [4.78, 5) is 0. The summed E-state index contributed by atoms with van der Waals surface area (Å²) >= 11 is 4.67. The normalized spacial score (nSPS) is 20.2. The lowest BCUT2D eigenvalue weighted by Gasteiger charge is -2.22. The van der Waals surface area contributed by atoms with Crippen LogP contribution in [0.4, 0.5) is 0 Å². The zero-order chi connectivity index (χ0) is 10.3. The van der Waals surface area contributed by atoms with Gasteiger partial charge in [-0.25, -0.2) is 0 Å². The third kappa shape index (κ3) is 1.55. The molecule has 1 aliphatic rings. The molecule has 0 nitrogen and oxygen atoms in total. The van der Waals surface area contributed by atoms with Crippen LogP contribution in [-0.2, 0) is 6.42 Å². The lowest BCUT2D eigenvalue weighted by molar-refractivity contribution is 0.678. The number of rotatable bonds is 0. The Morgan fingerprint density at radius 3 is 2.60 bits per heavy atom. The van der Waals surface area contributed by atoms with Crippen LogP contribution in [0.15, 0.2) is 36.4 Å². The molecule has 0 aromatic heterocycles. The average Bonchev–Trinajstić information content (AvgIpc) is 2.27. The van der Waals surface area contributed by atoms with Crippen LogP contribution in [0.25, 0.3) is 10.8 Å². The second-order valence-corrected chi connectivity index (χ2v) is 4.93. The van der Waals surface area contributed by atoms with E-state index in [0.717, 1.165) is 0 Å². The van der Waals surface area contributed by atoms with Gasteiger partial charge < -0.3 is 0 Å². The predicted molar refractivity (Wildman–Crippen MR) is 68.6 cm³/mol. The fraction of sp³-hybridized carbons (Fsp3) is 0.286. The Hall–Kier alpha value is -0.950. The SMILES string of the molecule is SC1CCCc2cc3ccccc3cc21. The molecule has 1 atom stereocenters. The van der Waals surface area contributed by atoms with Gasteiger partial charge in [-0.1, -0.05) is 30.3 Å². The van der Waals surface area contributed by atoms with Crippen LogP contribution in [0.2, 0.25) is 0 Å². The smallest absolute Gasteiger partial charge is 0.0270 e. The summed E-state index contributed by atoms with van der Waals surface area (Å²) in [5.74, 6) is 0. The van der Waals surface area contributed by atoms with Crippen LogP contribution in [0.1, 0.15) is 29.2 Å². The lowest BCUT2D eigenvalue weighted by atomic mass is 9.89. The molecule has 0 aliphatic heterocycles. The number of aryl methyl sites for hydroxylation is 1. The van der Waals surface area contributed by atoms with Gasteiger partial charge in [0, 0.05) is 5.25 Å². The van der Waals surface area contributed by atoms with E-state index in [1.54, 1.807) is 0 Å². The molecule has 0 fully saturated rings. The molecule has 1 aliphatic carbocycles. The van der Waals surface area contributed by atoms with Crippen molar-refractivity contribution in [2.24, 2.45) is 0 Å². The van der Waals surface area contributed by atoms with Gasteiger partial charge >= 0.3 is 0 Å². The number of thiol groups is 1. The third-order valence-corrected chi connectivity index (χ3v) is 3.83. The van der Waals surface area contributed by atoms with Crippen LogP contribution in [0.3, 0.4) is 0 Å². The van der Waals surface area contributed by atoms with Gasteiger partial charge in [-0.3, -0.25) is 0 Å². The Bertz CT molecular complexity index is 502. The van der Waals surface area contributed by atoms with Gasteiger partial charge in [-0.2, -0.15) is 12.6 Å². The monoisotopic (exact) mass is 214 g/mol. The molecule has 15 heavy (non-hydrogen) atoms. The maximum atomic E-state index is 4.67. The van der Waals surface area contributed by atoms with Gasteiger partial charge in [-0.05, 0) is 47.2 Å². The highest BCUT2D eigenvalue weighted by Crippen LogP contribution is 2.36. The lowest BCUT2D eigenvalue weighted by Crippen LogP contribution is -2.05. The summed E-state index contributed by atoms with van der Waals surface area (Å²) in [6.45, 7) is 0. The topological polar surface area (TPSA) is 0 Å². The summed E-state index contributed by atoms with van der Waals surface area (Å²) in [6.07, 6.45) is 3.71. The summed E-state index contributed by atoms with van der Waals surface area (Å²) in [5.41, 5.74) is 2.95. The molecule has 1 heteroatoms. The van der Waals surface area contributed by atoms with Crippen molar-refractivity contribution in [2.75, 3.05) is 0 Å². The second-order valence-electron chi connectivity index (χ2n) is 4.31. The van der Waals surface area contributed by atoms with Crippen molar-refractivity contribution in [3.63, 3.8) is 0 Å². The van der Waals surface area contributed by atoms with E-state index in [1.165, 1.54) is 41.2 Å². The van der Waals surface area contributed by atoms with Crippen LogP contribution >= 0.6 is 12.6 Å². The first kappa shape index (κ1) is 9.29. The number of hydrogen-bond donors (Lipinski definition) is 1. The van der Waals surface area contributed by atoms with Crippen molar-refractivity contribution < 1.29 is 0 Å². The minimum atomic E-state index is 0.443. The largest absolute Gasteiger partial charge is 0.171 e. The molecule has 2 aromatic rings. The summed E-state index contributed by atoms with van der Waals surface area (Å²) in [6, 6.07) is 13.2. The van der Waals surface area contributed by atoms with E-state index < -0.39 is 0 Å². The molecule has 3 rings (SSSR count). The first-order valence-corrected chi connectivity index (χ1v) is 6.06. The highest BCUT2D eigenvalue weighted by molar-refractivity contribution is 7.80. The molecule has 1 unspecified atom stereocenters. The van der Waals surface area contributed by atoms with Crippen LogP contribution in [-0.4, -0.2) is 0 Å². The Labute approximate surface area is 95.7 Å². The molecule has 0 N–H and O–H groups in total. The summed E-state index contributed by atoms with van der Waals surface area (Å²) < 4.78 is 0. The molecular weight excluding hydrogens is 200 g/mol. The molecule has 0 heterocycles. The Morgan fingerprint density at radius 1 is 1.07 bits per heavy atom. The fourth-order valence-electron chi connectivity index (χ4n) is 2.47. The van der Waals surface area contributed by atoms with Crippen LogP contribution in [0.5, 0.6) is 0 Å².